The van der Waals surface area contributed by atoms with Gasteiger partial charge in [-0.25, -0.2) is 9.97 Å². The van der Waals surface area contributed by atoms with Gasteiger partial charge in [-0.05, 0) is 67.3 Å². The molecule has 178 valence electrons. The highest BCUT2D eigenvalue weighted by Crippen LogP contribution is 2.32. The monoisotopic (exact) mass is 480 g/mol. The molecule has 0 saturated carbocycles. The molecule has 5 atom stereocenters. The molecule has 1 aliphatic heterocycles. The van der Waals surface area contributed by atoms with Crippen LogP contribution in [-0.4, -0.2) is 54.9 Å². The summed E-state index contributed by atoms with van der Waals surface area (Å²) in [5.41, 5.74) is 5.47. The number of aromatic nitrogens is 2. The predicted octanol–water partition coefficient (Wildman–Crippen LogP) is 5.11. The van der Waals surface area contributed by atoms with Gasteiger partial charge in [0.05, 0.1) is 24.0 Å². The standard InChI is InChI=1S/C27H29ClN2O4/c1-16-24(31-2)15-25(32-3)27(33-16)34-22-13-18-4-5-19(12-20(18)14-22)23-10-11-29-26(30-23)17-6-8-21(28)9-7-17/h4-12,16,22,24-25,27H,13-15H2,1-3H3. The van der Waals surface area contributed by atoms with Crippen LogP contribution in [0.25, 0.3) is 22.6 Å². The Morgan fingerprint density at radius 2 is 1.65 bits per heavy atom. The van der Waals surface area contributed by atoms with Crippen molar-refractivity contribution < 1.29 is 18.9 Å². The summed E-state index contributed by atoms with van der Waals surface area (Å²) in [7, 11) is 3.41. The summed E-state index contributed by atoms with van der Waals surface area (Å²) in [5, 5.41) is 0.693. The van der Waals surface area contributed by atoms with Gasteiger partial charge in [-0.2, -0.15) is 0 Å². The van der Waals surface area contributed by atoms with Gasteiger partial charge in [0.1, 0.15) is 6.10 Å². The second-order valence-corrected chi connectivity index (χ2v) is 9.35. The lowest BCUT2D eigenvalue weighted by Gasteiger charge is -2.39. The van der Waals surface area contributed by atoms with Crippen LogP contribution in [-0.2, 0) is 31.8 Å². The van der Waals surface area contributed by atoms with Crippen molar-refractivity contribution in [3.05, 3.63) is 70.9 Å². The maximum atomic E-state index is 6.39. The van der Waals surface area contributed by atoms with Crippen molar-refractivity contribution >= 4 is 11.6 Å². The number of rotatable bonds is 6. The van der Waals surface area contributed by atoms with Crippen molar-refractivity contribution in [1.82, 2.24) is 9.97 Å². The van der Waals surface area contributed by atoms with Gasteiger partial charge in [0, 0.05) is 43.0 Å². The minimum Gasteiger partial charge on any atom is -0.379 e. The van der Waals surface area contributed by atoms with Gasteiger partial charge in [-0.3, -0.25) is 0 Å². The molecule has 0 bridgehead atoms. The molecule has 2 aliphatic rings. The van der Waals surface area contributed by atoms with Crippen molar-refractivity contribution in [2.24, 2.45) is 0 Å². The molecular weight excluding hydrogens is 452 g/mol. The topological polar surface area (TPSA) is 62.7 Å². The fraction of sp³-hybridized carbons (Fsp3) is 0.407. The molecule has 2 heterocycles. The lowest BCUT2D eigenvalue weighted by atomic mass is 10.0. The summed E-state index contributed by atoms with van der Waals surface area (Å²) in [4.78, 5) is 9.23. The molecule has 2 aromatic carbocycles. The summed E-state index contributed by atoms with van der Waals surface area (Å²) in [5.74, 6) is 0.680. The summed E-state index contributed by atoms with van der Waals surface area (Å²) in [6.07, 6.45) is 3.72. The van der Waals surface area contributed by atoms with Crippen LogP contribution in [0.3, 0.4) is 0 Å². The zero-order chi connectivity index (χ0) is 23.7. The van der Waals surface area contributed by atoms with Gasteiger partial charge in [-0.1, -0.05) is 23.7 Å². The molecule has 0 amide bonds. The van der Waals surface area contributed by atoms with E-state index in [2.05, 4.69) is 23.2 Å². The quantitative estimate of drug-likeness (QED) is 0.488. The van der Waals surface area contributed by atoms with E-state index in [0.717, 1.165) is 36.1 Å². The number of fused-ring (bicyclic) bond motifs is 1. The van der Waals surface area contributed by atoms with Gasteiger partial charge in [-0.15, -0.1) is 0 Å². The summed E-state index contributed by atoms with van der Waals surface area (Å²) in [6.45, 7) is 2.02. The predicted molar refractivity (Wildman–Crippen MR) is 131 cm³/mol. The lowest BCUT2D eigenvalue weighted by molar-refractivity contribution is -0.281. The zero-order valence-electron chi connectivity index (χ0n) is 19.6. The first kappa shape index (κ1) is 23.4. The van der Waals surface area contributed by atoms with Crippen molar-refractivity contribution in [1.29, 1.82) is 0 Å². The SMILES string of the molecule is COC1CC(OC)C(OC2Cc3ccc(-c4ccnc(-c5ccc(Cl)cc5)n4)cc3C2)OC1C. The number of hydrogen-bond acceptors (Lipinski definition) is 6. The minimum atomic E-state index is -0.394. The van der Waals surface area contributed by atoms with E-state index in [-0.39, 0.29) is 24.4 Å². The average Bonchev–Trinajstić information content (AvgIpc) is 3.26. The van der Waals surface area contributed by atoms with Crippen molar-refractivity contribution in [3.8, 4) is 22.6 Å². The molecule has 34 heavy (non-hydrogen) atoms. The van der Waals surface area contributed by atoms with Crippen LogP contribution < -0.4 is 0 Å². The highest BCUT2D eigenvalue weighted by Gasteiger charge is 2.39. The molecule has 0 N–H and O–H groups in total. The Hall–Kier alpha value is -2.35. The zero-order valence-corrected chi connectivity index (χ0v) is 20.4. The number of nitrogens with zero attached hydrogens (tertiary/aromatic N) is 2. The van der Waals surface area contributed by atoms with Crippen LogP contribution in [0, 0.1) is 0 Å². The van der Waals surface area contributed by atoms with E-state index in [4.69, 9.17) is 35.5 Å². The molecule has 5 unspecified atom stereocenters. The third kappa shape index (κ3) is 4.88. The van der Waals surface area contributed by atoms with Crippen molar-refractivity contribution in [3.63, 3.8) is 0 Å². The summed E-state index contributed by atoms with van der Waals surface area (Å²) < 4.78 is 23.7. The van der Waals surface area contributed by atoms with E-state index in [1.165, 1.54) is 11.1 Å². The number of benzene rings is 2. The number of hydrogen-bond donors (Lipinski definition) is 0. The Morgan fingerprint density at radius 3 is 2.41 bits per heavy atom. The summed E-state index contributed by atoms with van der Waals surface area (Å²) in [6, 6.07) is 16.0. The highest BCUT2D eigenvalue weighted by molar-refractivity contribution is 6.30. The van der Waals surface area contributed by atoms with Crippen LogP contribution in [0.5, 0.6) is 0 Å². The Labute approximate surface area is 205 Å². The molecule has 3 aromatic rings. The van der Waals surface area contributed by atoms with Crippen LogP contribution >= 0.6 is 11.6 Å². The summed E-state index contributed by atoms with van der Waals surface area (Å²) >= 11 is 6.02. The molecule has 1 fully saturated rings. The third-order valence-corrected chi connectivity index (χ3v) is 6.98. The second kappa shape index (κ2) is 10.1. The normalized spacial score (nSPS) is 26.4. The molecule has 7 heteroatoms. The van der Waals surface area contributed by atoms with E-state index >= 15 is 0 Å². The fourth-order valence-electron chi connectivity index (χ4n) is 4.81. The maximum absolute atomic E-state index is 6.39. The van der Waals surface area contributed by atoms with E-state index < -0.39 is 6.29 Å². The van der Waals surface area contributed by atoms with Crippen LogP contribution in [0.2, 0.25) is 5.02 Å². The average molecular weight is 481 g/mol. The molecule has 1 aromatic heterocycles. The lowest BCUT2D eigenvalue weighted by Crippen LogP contribution is -2.49. The second-order valence-electron chi connectivity index (χ2n) is 8.92. The van der Waals surface area contributed by atoms with Crippen molar-refractivity contribution in [2.75, 3.05) is 14.2 Å². The first-order chi connectivity index (χ1) is 16.5. The van der Waals surface area contributed by atoms with Gasteiger partial charge in [0.25, 0.3) is 0 Å². The first-order valence-corrected chi connectivity index (χ1v) is 12.0. The Morgan fingerprint density at radius 1 is 0.912 bits per heavy atom. The van der Waals surface area contributed by atoms with Gasteiger partial charge in [0.2, 0.25) is 0 Å². The van der Waals surface area contributed by atoms with Gasteiger partial charge < -0.3 is 18.9 Å². The fourth-order valence-corrected chi connectivity index (χ4v) is 4.94. The Bertz CT molecular complexity index is 1140. The van der Waals surface area contributed by atoms with Gasteiger partial charge >= 0.3 is 0 Å². The third-order valence-electron chi connectivity index (χ3n) is 6.73. The molecule has 5 rings (SSSR count). The van der Waals surface area contributed by atoms with Crippen LogP contribution in [0.4, 0.5) is 0 Å². The molecule has 1 saturated heterocycles. The minimum absolute atomic E-state index is 0.0127. The van der Waals surface area contributed by atoms with Crippen LogP contribution in [0.1, 0.15) is 24.5 Å². The Kier molecular flexibility index (Phi) is 6.95. The molecule has 1 aliphatic carbocycles. The van der Waals surface area contributed by atoms with E-state index in [1.807, 2.05) is 37.3 Å². The van der Waals surface area contributed by atoms with E-state index in [0.29, 0.717) is 10.8 Å². The smallest absolute Gasteiger partial charge is 0.184 e. The van der Waals surface area contributed by atoms with E-state index in [1.54, 1.807) is 20.4 Å². The molecular formula is C27H29ClN2O4. The molecule has 0 spiro atoms. The van der Waals surface area contributed by atoms with Crippen LogP contribution in [0.15, 0.2) is 54.7 Å². The maximum Gasteiger partial charge on any atom is 0.184 e. The van der Waals surface area contributed by atoms with E-state index in [9.17, 15) is 0 Å². The molecule has 0 radical (unpaired) electrons. The number of ether oxygens (including phenoxy) is 4. The van der Waals surface area contributed by atoms with Crippen molar-refractivity contribution in [2.45, 2.75) is 56.9 Å². The molecule has 6 nitrogen and oxygen atoms in total. The first-order valence-electron chi connectivity index (χ1n) is 11.6. The number of halogens is 1. The highest BCUT2D eigenvalue weighted by atomic mass is 35.5. The number of methoxy groups -OCH3 is 2. The largest absolute Gasteiger partial charge is 0.379 e. The Balaban J connectivity index is 1.30. The van der Waals surface area contributed by atoms with Gasteiger partial charge in [0.15, 0.2) is 12.1 Å².